The molecule has 1 fully saturated rings. The van der Waals surface area contributed by atoms with Gasteiger partial charge in [0.1, 0.15) is 5.69 Å². The molecule has 30 heavy (non-hydrogen) atoms. The average molecular weight is 422 g/mol. The van der Waals surface area contributed by atoms with Gasteiger partial charge in [0, 0.05) is 24.5 Å². The molecule has 4 aromatic rings. The zero-order valence-corrected chi connectivity index (χ0v) is 17.1. The number of nitrogens with one attached hydrogen (secondary N) is 1. The second-order valence-electron chi connectivity index (χ2n) is 7.66. The number of aromatic nitrogens is 3. The van der Waals surface area contributed by atoms with Gasteiger partial charge in [-0.05, 0) is 36.6 Å². The molecule has 0 atom stereocenters. The number of nitrogens with two attached hydrogens (primary N) is 1. The number of hydrogen-bond donors (Lipinski definition) is 2. The summed E-state index contributed by atoms with van der Waals surface area (Å²) >= 11 is 6.72. The maximum atomic E-state index is 12.1. The molecule has 2 aromatic heterocycles. The first-order chi connectivity index (χ1) is 14.5. The van der Waals surface area contributed by atoms with E-state index in [1.165, 1.54) is 0 Å². The van der Waals surface area contributed by atoms with Gasteiger partial charge in [-0.3, -0.25) is 4.79 Å². The van der Waals surface area contributed by atoms with Crippen LogP contribution in [-0.2, 0) is 11.3 Å². The smallest absolute Gasteiger partial charge is 0.240 e. The molecular formula is C22H20ClN5O2. The van der Waals surface area contributed by atoms with E-state index in [0.29, 0.717) is 29.0 Å². The van der Waals surface area contributed by atoms with E-state index in [9.17, 15) is 4.79 Å². The van der Waals surface area contributed by atoms with Crippen molar-refractivity contribution in [2.24, 2.45) is 5.73 Å². The fraction of sp³-hybridized carbons (Fsp3) is 0.227. The second-order valence-corrected chi connectivity index (χ2v) is 8.04. The van der Waals surface area contributed by atoms with Crippen LogP contribution in [0.4, 0.5) is 0 Å². The molecule has 0 spiro atoms. The van der Waals surface area contributed by atoms with E-state index in [0.717, 1.165) is 35.0 Å². The van der Waals surface area contributed by atoms with Gasteiger partial charge >= 0.3 is 0 Å². The quantitative estimate of drug-likeness (QED) is 0.511. The third-order valence-corrected chi connectivity index (χ3v) is 5.82. The largest absolute Gasteiger partial charge is 0.350 e. The number of para-hydroxylation sites is 1. The van der Waals surface area contributed by atoms with E-state index < -0.39 is 5.54 Å². The van der Waals surface area contributed by atoms with Crippen LogP contribution in [-0.4, -0.2) is 26.2 Å². The normalized spacial score (nSPS) is 14.8. The topological polar surface area (TPSA) is 99.0 Å². The van der Waals surface area contributed by atoms with Crippen LogP contribution in [0.3, 0.4) is 0 Å². The van der Waals surface area contributed by atoms with Gasteiger partial charge in [0.2, 0.25) is 17.6 Å². The van der Waals surface area contributed by atoms with Crippen molar-refractivity contribution in [3.05, 3.63) is 65.0 Å². The molecule has 1 saturated carbocycles. The monoisotopic (exact) mass is 421 g/mol. The number of carbonyl (C=O) groups excluding carboxylic acids is 1. The molecule has 7 nitrogen and oxygen atoms in total. The standard InChI is InChI=1S/C22H20ClN5O2/c1-13-26-20(27-30-13)19-18(23)16-4-2-3-5-17(16)28(19)15-8-6-14(7-9-15)12-25-21(29)22(24)10-11-22/h2-9H,10-12,24H2,1H3,(H,25,29). The van der Waals surface area contributed by atoms with Gasteiger partial charge in [-0.2, -0.15) is 4.98 Å². The maximum Gasteiger partial charge on any atom is 0.240 e. The summed E-state index contributed by atoms with van der Waals surface area (Å²) in [6, 6.07) is 15.8. The molecule has 0 unspecified atom stereocenters. The van der Waals surface area contributed by atoms with Crippen molar-refractivity contribution >= 4 is 28.4 Å². The Morgan fingerprint density at radius 1 is 1.23 bits per heavy atom. The number of rotatable bonds is 5. The summed E-state index contributed by atoms with van der Waals surface area (Å²) in [4.78, 5) is 16.4. The number of carbonyl (C=O) groups is 1. The number of nitrogens with zero attached hydrogens (tertiary/aromatic N) is 3. The van der Waals surface area contributed by atoms with Crippen molar-refractivity contribution in [3.63, 3.8) is 0 Å². The Kier molecular flexibility index (Phi) is 4.38. The molecule has 1 aliphatic carbocycles. The van der Waals surface area contributed by atoms with Crippen molar-refractivity contribution in [1.29, 1.82) is 0 Å². The van der Waals surface area contributed by atoms with Crippen molar-refractivity contribution in [3.8, 4) is 17.2 Å². The van der Waals surface area contributed by atoms with Crippen molar-refractivity contribution in [1.82, 2.24) is 20.0 Å². The summed E-state index contributed by atoms with van der Waals surface area (Å²) in [5.74, 6) is 0.810. The summed E-state index contributed by atoms with van der Waals surface area (Å²) < 4.78 is 7.20. The predicted octanol–water partition coefficient (Wildman–Crippen LogP) is 3.75. The minimum atomic E-state index is -0.668. The summed E-state index contributed by atoms with van der Waals surface area (Å²) in [5, 5.41) is 8.46. The van der Waals surface area contributed by atoms with Crippen LogP contribution < -0.4 is 11.1 Å². The Bertz CT molecular complexity index is 1250. The van der Waals surface area contributed by atoms with Gasteiger partial charge in [0.25, 0.3) is 0 Å². The zero-order valence-electron chi connectivity index (χ0n) is 16.4. The van der Waals surface area contributed by atoms with Gasteiger partial charge in [0.05, 0.1) is 16.1 Å². The van der Waals surface area contributed by atoms with Crippen molar-refractivity contribution < 1.29 is 9.32 Å². The number of aryl methyl sites for hydroxylation is 1. The van der Waals surface area contributed by atoms with E-state index in [2.05, 4.69) is 15.5 Å². The zero-order chi connectivity index (χ0) is 20.9. The maximum absolute atomic E-state index is 12.1. The summed E-state index contributed by atoms with van der Waals surface area (Å²) in [5.41, 5.74) is 8.78. The molecule has 0 radical (unpaired) electrons. The minimum Gasteiger partial charge on any atom is -0.350 e. The molecule has 3 N–H and O–H groups in total. The highest BCUT2D eigenvalue weighted by molar-refractivity contribution is 6.38. The molecule has 2 heterocycles. The molecule has 1 aliphatic rings. The van der Waals surface area contributed by atoms with Gasteiger partial charge < -0.3 is 20.1 Å². The highest BCUT2D eigenvalue weighted by Gasteiger charge is 2.45. The van der Waals surface area contributed by atoms with Crippen LogP contribution in [0.15, 0.2) is 53.1 Å². The Morgan fingerprint density at radius 3 is 2.63 bits per heavy atom. The molecule has 0 bridgehead atoms. The molecule has 0 saturated heterocycles. The SMILES string of the molecule is Cc1nc(-c2c(Cl)c3ccccc3n2-c2ccc(CNC(=O)C3(N)CC3)cc2)no1. The molecule has 0 aliphatic heterocycles. The van der Waals surface area contributed by atoms with E-state index in [4.69, 9.17) is 21.9 Å². The Hall–Kier alpha value is -3.16. The Morgan fingerprint density at radius 2 is 1.97 bits per heavy atom. The van der Waals surface area contributed by atoms with Crippen LogP contribution in [0.2, 0.25) is 5.02 Å². The molecular weight excluding hydrogens is 402 g/mol. The van der Waals surface area contributed by atoms with Crippen LogP contribution in [0.5, 0.6) is 0 Å². The lowest BCUT2D eigenvalue weighted by atomic mass is 10.2. The lowest BCUT2D eigenvalue weighted by molar-refractivity contribution is -0.123. The second kappa shape index (κ2) is 6.97. The van der Waals surface area contributed by atoms with Gasteiger partial charge in [-0.1, -0.05) is 47.1 Å². The van der Waals surface area contributed by atoms with E-state index in [1.54, 1.807) is 6.92 Å². The average Bonchev–Trinajstić information content (AvgIpc) is 3.26. The van der Waals surface area contributed by atoms with E-state index >= 15 is 0 Å². The van der Waals surface area contributed by atoms with Crippen molar-refractivity contribution in [2.75, 3.05) is 0 Å². The van der Waals surface area contributed by atoms with Gasteiger partial charge in [-0.25, -0.2) is 0 Å². The lowest BCUT2D eigenvalue weighted by Gasteiger charge is -2.12. The molecule has 8 heteroatoms. The molecule has 1 amide bonds. The van der Waals surface area contributed by atoms with Crippen molar-refractivity contribution in [2.45, 2.75) is 31.8 Å². The minimum absolute atomic E-state index is 0.0930. The van der Waals surface area contributed by atoms with Crippen LogP contribution in [0.1, 0.15) is 24.3 Å². The van der Waals surface area contributed by atoms with Gasteiger partial charge in [0.15, 0.2) is 0 Å². The first kappa shape index (κ1) is 18.8. The first-order valence-electron chi connectivity index (χ1n) is 9.72. The third-order valence-electron chi connectivity index (χ3n) is 5.44. The van der Waals surface area contributed by atoms with E-state index in [-0.39, 0.29) is 5.91 Å². The summed E-state index contributed by atoms with van der Waals surface area (Å²) in [6.45, 7) is 2.18. The van der Waals surface area contributed by atoms with Crippen LogP contribution >= 0.6 is 11.6 Å². The van der Waals surface area contributed by atoms with E-state index in [1.807, 2.05) is 53.1 Å². The highest BCUT2D eigenvalue weighted by atomic mass is 35.5. The number of hydrogen-bond acceptors (Lipinski definition) is 5. The third kappa shape index (κ3) is 3.16. The Labute approximate surface area is 177 Å². The first-order valence-corrected chi connectivity index (χ1v) is 10.1. The Balaban J connectivity index is 1.52. The van der Waals surface area contributed by atoms with Gasteiger partial charge in [-0.15, -0.1) is 0 Å². The number of fused-ring (bicyclic) bond motifs is 1. The predicted molar refractivity (Wildman–Crippen MR) is 114 cm³/mol. The molecule has 5 rings (SSSR count). The highest BCUT2D eigenvalue weighted by Crippen LogP contribution is 2.38. The fourth-order valence-corrected chi connectivity index (χ4v) is 3.87. The number of benzene rings is 2. The molecule has 2 aromatic carbocycles. The number of halogens is 1. The fourth-order valence-electron chi connectivity index (χ4n) is 3.55. The molecule has 152 valence electrons. The summed E-state index contributed by atoms with van der Waals surface area (Å²) in [6.07, 6.45) is 1.50. The lowest BCUT2D eigenvalue weighted by Crippen LogP contribution is -2.42. The van der Waals surface area contributed by atoms with Crippen LogP contribution in [0.25, 0.3) is 28.1 Å². The van der Waals surface area contributed by atoms with Crippen LogP contribution in [0, 0.1) is 6.92 Å². The number of amides is 1. The summed E-state index contributed by atoms with van der Waals surface area (Å²) in [7, 11) is 0.